The number of likely N-dealkylation sites (tertiary alicyclic amines) is 1. The number of aromatic nitrogens is 1. The Morgan fingerprint density at radius 1 is 1.14 bits per heavy atom. The van der Waals surface area contributed by atoms with E-state index in [1.54, 1.807) is 6.07 Å². The van der Waals surface area contributed by atoms with Crippen LogP contribution in [0.3, 0.4) is 0 Å². The van der Waals surface area contributed by atoms with Gasteiger partial charge in [0, 0.05) is 54.0 Å². The lowest BCUT2D eigenvalue weighted by Gasteiger charge is -2.58. The van der Waals surface area contributed by atoms with Crippen LogP contribution in [0.5, 0.6) is 17.2 Å². The monoisotopic (exact) mass is 500 g/mol. The normalized spacial score (nSPS) is 37.7. The molecular weight excluding hydrogens is 471 g/mol. The highest BCUT2D eigenvalue weighted by molar-refractivity contribution is 5.92. The highest BCUT2D eigenvalue weighted by Crippen LogP contribution is 2.78. The third-order valence-electron chi connectivity index (χ3n) is 11.4. The molecule has 4 heterocycles. The summed E-state index contributed by atoms with van der Waals surface area (Å²) >= 11 is 0. The molecule has 3 aliphatic heterocycles. The van der Waals surface area contributed by atoms with Crippen LogP contribution >= 0.6 is 0 Å². The van der Waals surface area contributed by atoms with Crippen molar-refractivity contribution in [1.82, 2.24) is 9.47 Å². The minimum absolute atomic E-state index is 0.00726. The molecule has 3 N–H and O–H groups in total. The minimum atomic E-state index is -1.08. The van der Waals surface area contributed by atoms with Crippen molar-refractivity contribution in [2.45, 2.75) is 74.7 Å². The summed E-state index contributed by atoms with van der Waals surface area (Å²) in [5.74, 6) is 0.554. The smallest absolute Gasteiger partial charge is 0.166 e. The lowest BCUT2D eigenvalue weighted by Crippen LogP contribution is -2.71. The first-order valence-electron chi connectivity index (χ1n) is 13.9. The van der Waals surface area contributed by atoms with Crippen LogP contribution < -0.4 is 4.74 Å². The third-order valence-corrected chi connectivity index (χ3v) is 11.4. The van der Waals surface area contributed by atoms with Gasteiger partial charge in [-0.05, 0) is 67.7 Å². The molecule has 37 heavy (non-hydrogen) atoms. The number of nitrogens with zero attached hydrogens (tertiary/aromatic N) is 2. The Bertz CT molecular complexity index is 1630. The van der Waals surface area contributed by atoms with Gasteiger partial charge in [-0.15, -0.1) is 0 Å². The maximum Gasteiger partial charge on any atom is 0.166 e. The van der Waals surface area contributed by atoms with Crippen LogP contribution in [0.2, 0.25) is 0 Å². The molecule has 0 radical (unpaired) electrons. The van der Waals surface area contributed by atoms with Crippen LogP contribution in [0.1, 0.15) is 59.7 Å². The lowest BCUT2D eigenvalue weighted by atomic mass is 9.57. The predicted molar refractivity (Wildman–Crippen MR) is 133 cm³/mol. The van der Waals surface area contributed by atoms with Crippen molar-refractivity contribution >= 4 is 10.9 Å². The Kier molecular flexibility index (Phi) is 3.16. The van der Waals surface area contributed by atoms with Crippen LogP contribution in [0.15, 0.2) is 18.2 Å². The number of benzene rings is 2. The number of aromatic hydroxyl groups is 2. The average molecular weight is 501 g/mol. The summed E-state index contributed by atoms with van der Waals surface area (Å²) in [5.41, 5.74) is 4.03. The van der Waals surface area contributed by atoms with Crippen LogP contribution in [0, 0.1) is 17.2 Å². The summed E-state index contributed by atoms with van der Waals surface area (Å²) in [5, 5.41) is 35.6. The average Bonchev–Trinajstić information content (AvgIpc) is 3.50. The van der Waals surface area contributed by atoms with Gasteiger partial charge < -0.3 is 24.6 Å². The van der Waals surface area contributed by atoms with Crippen molar-refractivity contribution < 1.29 is 24.4 Å². The quantitative estimate of drug-likeness (QED) is 0.499. The topological polar surface area (TPSA) is 78.1 Å². The maximum absolute atomic E-state index is 15.0. The van der Waals surface area contributed by atoms with Gasteiger partial charge >= 0.3 is 0 Å². The molecule has 1 aromatic heterocycles. The molecule has 7 heteroatoms. The predicted octanol–water partition coefficient (Wildman–Crippen LogP) is 3.84. The molecule has 190 valence electrons. The minimum Gasteiger partial charge on any atom is -0.505 e. The molecule has 7 aliphatic rings. The number of hydrogen-bond donors (Lipinski definition) is 3. The summed E-state index contributed by atoms with van der Waals surface area (Å²) in [6.45, 7) is 2.81. The second kappa shape index (κ2) is 5.79. The molecule has 2 aromatic carbocycles. The summed E-state index contributed by atoms with van der Waals surface area (Å²) in [6, 6.07) is 5.30. The van der Waals surface area contributed by atoms with Crippen LogP contribution in [-0.4, -0.2) is 49.5 Å². The van der Waals surface area contributed by atoms with Crippen molar-refractivity contribution in [3.8, 4) is 17.2 Å². The van der Waals surface area contributed by atoms with E-state index in [4.69, 9.17) is 4.74 Å². The van der Waals surface area contributed by atoms with E-state index >= 15 is 4.39 Å². The number of phenols is 2. The van der Waals surface area contributed by atoms with Crippen molar-refractivity contribution in [2.24, 2.45) is 11.3 Å². The molecule has 6 nitrogen and oxygen atoms in total. The summed E-state index contributed by atoms with van der Waals surface area (Å²) in [7, 11) is 0. The van der Waals surface area contributed by atoms with Gasteiger partial charge in [-0.3, -0.25) is 4.90 Å². The van der Waals surface area contributed by atoms with Gasteiger partial charge in [0.2, 0.25) is 0 Å². The van der Waals surface area contributed by atoms with Gasteiger partial charge in [-0.1, -0.05) is 6.07 Å². The van der Waals surface area contributed by atoms with Gasteiger partial charge in [0.15, 0.2) is 29.2 Å². The number of aryl methyl sites for hydroxylation is 2. The number of phenolic OH excluding ortho intramolecular Hbond substituents is 2. The van der Waals surface area contributed by atoms with Gasteiger partial charge in [0.1, 0.15) is 0 Å². The zero-order valence-corrected chi connectivity index (χ0v) is 20.6. The molecule has 4 aliphatic carbocycles. The molecule has 3 fully saturated rings. The van der Waals surface area contributed by atoms with E-state index in [1.165, 1.54) is 24.5 Å². The molecule has 0 amide bonds. The van der Waals surface area contributed by atoms with Crippen LogP contribution in [0.25, 0.3) is 10.9 Å². The Hall–Kier alpha value is -2.77. The number of halogens is 1. The fourth-order valence-corrected chi connectivity index (χ4v) is 10.3. The molecule has 5 atom stereocenters. The maximum atomic E-state index is 15.0. The zero-order valence-electron chi connectivity index (χ0n) is 20.6. The number of hydrogen-bond acceptors (Lipinski definition) is 5. The fourth-order valence-electron chi connectivity index (χ4n) is 10.3. The van der Waals surface area contributed by atoms with Crippen molar-refractivity contribution in [3.63, 3.8) is 0 Å². The Morgan fingerprint density at radius 2 is 2.00 bits per heavy atom. The van der Waals surface area contributed by atoms with Crippen molar-refractivity contribution in [1.29, 1.82) is 0 Å². The van der Waals surface area contributed by atoms with Crippen molar-refractivity contribution in [3.05, 3.63) is 52.0 Å². The van der Waals surface area contributed by atoms with Gasteiger partial charge in [-0.2, -0.15) is 0 Å². The van der Waals surface area contributed by atoms with Gasteiger partial charge in [-0.25, -0.2) is 4.39 Å². The SMILES string of the molecule is Oc1ccc2c3c1O[C@H]1c4c(c5cc(F)c(O)c6c5n4CCC6)C[C@@]4(O)C5N(CC6CC6)C[C@]5(C2)C[C@]314. The molecule has 3 aromatic rings. The van der Waals surface area contributed by atoms with Gasteiger partial charge in [0.25, 0.3) is 0 Å². The number of rotatable bonds is 2. The second-order valence-electron chi connectivity index (χ2n) is 13.2. The van der Waals surface area contributed by atoms with Crippen LogP contribution in [0.4, 0.5) is 4.39 Å². The van der Waals surface area contributed by atoms with Crippen LogP contribution in [-0.2, 0) is 31.2 Å². The van der Waals surface area contributed by atoms with E-state index in [2.05, 4.69) is 15.5 Å². The first-order valence-corrected chi connectivity index (χ1v) is 13.9. The Balaban J connectivity index is 1.30. The molecular formula is C30H29FN2O4. The lowest BCUT2D eigenvalue weighted by molar-refractivity contribution is -0.155. The first-order chi connectivity index (χ1) is 17.9. The number of fused-ring (bicyclic) bond motifs is 5. The molecule has 10 rings (SSSR count). The zero-order chi connectivity index (χ0) is 24.6. The van der Waals surface area contributed by atoms with E-state index < -0.39 is 22.9 Å². The van der Waals surface area contributed by atoms with E-state index in [0.717, 1.165) is 72.5 Å². The molecule has 1 saturated heterocycles. The summed E-state index contributed by atoms with van der Waals surface area (Å²) < 4.78 is 24.1. The Labute approximate surface area is 213 Å². The molecule has 2 bridgehead atoms. The molecule has 1 unspecified atom stereocenters. The summed E-state index contributed by atoms with van der Waals surface area (Å²) in [6.07, 6.45) is 5.74. The number of aliphatic hydroxyl groups is 1. The Morgan fingerprint density at radius 3 is 2.84 bits per heavy atom. The highest BCUT2D eigenvalue weighted by Gasteiger charge is 2.83. The fraction of sp³-hybridized carbons (Fsp3) is 0.533. The first kappa shape index (κ1) is 20.2. The standard InChI is InChI=1S/C30H29FN2O4/c31-19-8-17-18-10-30(36)27-28(13-32(27)11-14-3-4-14)9-15-5-6-20(34)25-21(15)29(30,12-28)26(37-25)23(18)33-7-1-2-16(22(17)33)24(19)35/h5-6,8,14,26-27,34-36H,1-4,7,9-13H2/t26-,27?,28-,29-,30+/m0/s1. The van der Waals surface area contributed by atoms with Gasteiger partial charge in [0.05, 0.1) is 22.2 Å². The number of ether oxygens (including phenoxy) is 1. The molecule has 2 spiro atoms. The van der Waals surface area contributed by atoms with E-state index in [9.17, 15) is 15.3 Å². The molecule has 2 saturated carbocycles. The second-order valence-corrected chi connectivity index (χ2v) is 13.2. The third kappa shape index (κ3) is 1.94. The highest BCUT2D eigenvalue weighted by atomic mass is 19.1. The van der Waals surface area contributed by atoms with E-state index in [1.807, 2.05) is 0 Å². The van der Waals surface area contributed by atoms with Crippen molar-refractivity contribution in [2.75, 3.05) is 13.1 Å². The summed E-state index contributed by atoms with van der Waals surface area (Å²) in [4.78, 5) is 2.54. The van der Waals surface area contributed by atoms with E-state index in [0.29, 0.717) is 24.2 Å². The van der Waals surface area contributed by atoms with E-state index in [-0.39, 0.29) is 23.0 Å². The largest absolute Gasteiger partial charge is 0.505 e.